The first kappa shape index (κ1) is 15.7. The molecule has 19 heavy (non-hydrogen) atoms. The van der Waals surface area contributed by atoms with Crippen LogP contribution in [0, 0.1) is 12.3 Å². The molecule has 0 radical (unpaired) electrons. The van der Waals surface area contributed by atoms with Gasteiger partial charge in [-0.25, -0.2) is 9.97 Å². The van der Waals surface area contributed by atoms with E-state index in [9.17, 15) is 0 Å². The Bertz CT molecular complexity index is 384. The average molecular weight is 265 g/mol. The molecule has 0 aliphatic heterocycles. The molecule has 1 rings (SSSR count). The smallest absolute Gasteiger partial charge is 0.131 e. The van der Waals surface area contributed by atoms with Gasteiger partial charge in [0.2, 0.25) is 0 Å². The maximum Gasteiger partial charge on any atom is 0.131 e. The van der Waals surface area contributed by atoms with E-state index in [4.69, 9.17) is 0 Å². The number of hydrogen-bond acceptors (Lipinski definition) is 5. The lowest BCUT2D eigenvalue weighted by atomic mass is 9.97. The van der Waals surface area contributed by atoms with Gasteiger partial charge in [0.05, 0.1) is 0 Å². The quantitative estimate of drug-likeness (QED) is 0.660. The Balaban J connectivity index is 2.56. The Morgan fingerprint density at radius 2 is 1.68 bits per heavy atom. The highest BCUT2D eigenvalue weighted by atomic mass is 15.1. The summed E-state index contributed by atoms with van der Waals surface area (Å²) in [6.45, 7) is 11.3. The fourth-order valence-corrected chi connectivity index (χ4v) is 1.59. The van der Waals surface area contributed by atoms with Gasteiger partial charge in [0, 0.05) is 19.2 Å². The third-order valence-electron chi connectivity index (χ3n) is 2.55. The molecule has 108 valence electrons. The molecule has 5 heteroatoms. The molecule has 0 fully saturated rings. The van der Waals surface area contributed by atoms with E-state index >= 15 is 0 Å². The van der Waals surface area contributed by atoms with E-state index in [0.717, 1.165) is 43.5 Å². The zero-order chi connectivity index (χ0) is 14.3. The van der Waals surface area contributed by atoms with E-state index in [1.807, 2.05) is 20.0 Å². The van der Waals surface area contributed by atoms with Gasteiger partial charge >= 0.3 is 0 Å². The topological polar surface area (TPSA) is 61.9 Å². The molecule has 0 atom stereocenters. The molecular formula is C14H27N5. The maximum atomic E-state index is 4.41. The van der Waals surface area contributed by atoms with Crippen molar-refractivity contribution in [2.24, 2.45) is 5.41 Å². The van der Waals surface area contributed by atoms with Gasteiger partial charge in [-0.3, -0.25) is 0 Å². The van der Waals surface area contributed by atoms with Gasteiger partial charge in [-0.05, 0) is 32.4 Å². The summed E-state index contributed by atoms with van der Waals surface area (Å²) in [6, 6.07) is 1.97. The van der Waals surface area contributed by atoms with Crippen molar-refractivity contribution in [1.82, 2.24) is 15.3 Å². The molecule has 0 saturated carbocycles. The van der Waals surface area contributed by atoms with Gasteiger partial charge in [-0.15, -0.1) is 0 Å². The van der Waals surface area contributed by atoms with Gasteiger partial charge in [-0.2, -0.15) is 0 Å². The third kappa shape index (κ3) is 6.96. The second-order valence-corrected chi connectivity index (χ2v) is 5.98. The van der Waals surface area contributed by atoms with Gasteiger partial charge in [0.1, 0.15) is 17.5 Å². The number of nitrogens with zero attached hydrogens (tertiary/aromatic N) is 2. The number of nitrogens with one attached hydrogen (secondary N) is 3. The van der Waals surface area contributed by atoms with Crippen LogP contribution >= 0.6 is 0 Å². The Kier molecular flexibility index (Phi) is 6.02. The highest BCUT2D eigenvalue weighted by molar-refractivity contribution is 5.47. The Morgan fingerprint density at radius 3 is 2.26 bits per heavy atom. The van der Waals surface area contributed by atoms with Crippen LogP contribution in [0.5, 0.6) is 0 Å². The molecule has 1 heterocycles. The van der Waals surface area contributed by atoms with Crippen LogP contribution < -0.4 is 16.0 Å². The van der Waals surface area contributed by atoms with Gasteiger partial charge in [0.25, 0.3) is 0 Å². The Morgan fingerprint density at radius 1 is 1.05 bits per heavy atom. The first-order valence-corrected chi connectivity index (χ1v) is 6.89. The summed E-state index contributed by atoms with van der Waals surface area (Å²) in [5, 5.41) is 9.82. The van der Waals surface area contributed by atoms with Crippen LogP contribution in [0.2, 0.25) is 0 Å². The number of aryl methyl sites for hydroxylation is 1. The van der Waals surface area contributed by atoms with E-state index in [0.29, 0.717) is 0 Å². The van der Waals surface area contributed by atoms with Gasteiger partial charge in [0.15, 0.2) is 0 Å². The van der Waals surface area contributed by atoms with E-state index in [1.54, 1.807) is 0 Å². The lowest BCUT2D eigenvalue weighted by molar-refractivity contribution is 0.442. The van der Waals surface area contributed by atoms with Crippen LogP contribution in [0.25, 0.3) is 0 Å². The monoisotopic (exact) mass is 265 g/mol. The maximum absolute atomic E-state index is 4.41. The van der Waals surface area contributed by atoms with Crippen molar-refractivity contribution in [1.29, 1.82) is 0 Å². The minimum absolute atomic E-state index is 0.235. The van der Waals surface area contributed by atoms with E-state index < -0.39 is 0 Å². The van der Waals surface area contributed by atoms with Crippen molar-refractivity contribution in [3.8, 4) is 0 Å². The number of anilines is 2. The molecule has 0 unspecified atom stereocenters. The molecule has 1 aromatic heterocycles. The first-order valence-electron chi connectivity index (χ1n) is 6.89. The molecule has 0 bridgehead atoms. The number of rotatable bonds is 7. The van der Waals surface area contributed by atoms with Crippen molar-refractivity contribution < 1.29 is 0 Å². The second-order valence-electron chi connectivity index (χ2n) is 5.98. The van der Waals surface area contributed by atoms with E-state index in [2.05, 4.69) is 46.7 Å². The zero-order valence-corrected chi connectivity index (χ0v) is 12.8. The zero-order valence-electron chi connectivity index (χ0n) is 12.8. The predicted octanol–water partition coefficient (Wildman–Crippen LogP) is 2.26. The van der Waals surface area contributed by atoms with Crippen molar-refractivity contribution in [3.05, 3.63) is 11.9 Å². The summed E-state index contributed by atoms with van der Waals surface area (Å²) in [4.78, 5) is 8.80. The molecule has 0 aromatic carbocycles. The van der Waals surface area contributed by atoms with Crippen LogP contribution in [0.1, 0.15) is 33.0 Å². The average Bonchev–Trinajstić information content (AvgIpc) is 2.31. The molecule has 0 saturated heterocycles. The molecule has 0 aliphatic rings. The van der Waals surface area contributed by atoms with Crippen molar-refractivity contribution in [3.63, 3.8) is 0 Å². The van der Waals surface area contributed by atoms with E-state index in [1.165, 1.54) is 0 Å². The molecule has 0 spiro atoms. The highest BCUT2D eigenvalue weighted by Gasteiger charge is 2.10. The fraction of sp³-hybridized carbons (Fsp3) is 0.714. The van der Waals surface area contributed by atoms with Crippen molar-refractivity contribution >= 4 is 11.6 Å². The second kappa shape index (κ2) is 7.28. The highest BCUT2D eigenvalue weighted by Crippen LogP contribution is 2.16. The van der Waals surface area contributed by atoms with Crippen LogP contribution in [-0.2, 0) is 0 Å². The lowest BCUT2D eigenvalue weighted by Gasteiger charge is -2.19. The predicted molar refractivity (Wildman–Crippen MR) is 81.7 cm³/mol. The largest absolute Gasteiger partial charge is 0.370 e. The van der Waals surface area contributed by atoms with Crippen LogP contribution in [0.15, 0.2) is 6.07 Å². The fourth-order valence-electron chi connectivity index (χ4n) is 1.59. The summed E-state index contributed by atoms with van der Waals surface area (Å²) in [5.41, 5.74) is 0.235. The minimum atomic E-state index is 0.235. The Hall–Kier alpha value is -1.36. The molecule has 5 nitrogen and oxygen atoms in total. The third-order valence-corrected chi connectivity index (χ3v) is 2.55. The lowest BCUT2D eigenvalue weighted by Crippen LogP contribution is -2.20. The van der Waals surface area contributed by atoms with Gasteiger partial charge in [-0.1, -0.05) is 20.8 Å². The minimum Gasteiger partial charge on any atom is -0.370 e. The summed E-state index contributed by atoms with van der Waals surface area (Å²) in [7, 11) is 1.96. The standard InChI is InChI=1S/C14H27N5/c1-11-18-12(16-8-6-7-15-5)9-13(19-11)17-10-14(2,3)4/h9,15H,6-8,10H2,1-5H3,(H2,16,17,18,19). The summed E-state index contributed by atoms with van der Waals surface area (Å²) in [6.07, 6.45) is 1.07. The molecular weight excluding hydrogens is 238 g/mol. The molecule has 3 N–H and O–H groups in total. The molecule has 0 amide bonds. The summed E-state index contributed by atoms with van der Waals surface area (Å²) >= 11 is 0. The SMILES string of the molecule is CNCCCNc1cc(NCC(C)(C)C)nc(C)n1. The van der Waals surface area contributed by atoms with Crippen LogP contribution in [-0.4, -0.2) is 36.6 Å². The Labute approximate surface area is 116 Å². The van der Waals surface area contributed by atoms with Crippen LogP contribution in [0.4, 0.5) is 11.6 Å². The summed E-state index contributed by atoms with van der Waals surface area (Å²) in [5.74, 6) is 2.56. The first-order chi connectivity index (χ1) is 8.90. The van der Waals surface area contributed by atoms with Crippen molar-refractivity contribution in [2.45, 2.75) is 34.1 Å². The number of aromatic nitrogens is 2. The van der Waals surface area contributed by atoms with Crippen molar-refractivity contribution in [2.75, 3.05) is 37.3 Å². The molecule has 0 aliphatic carbocycles. The molecule has 1 aromatic rings. The normalized spacial score (nSPS) is 11.4. The van der Waals surface area contributed by atoms with E-state index in [-0.39, 0.29) is 5.41 Å². The van der Waals surface area contributed by atoms with Crippen LogP contribution in [0.3, 0.4) is 0 Å². The number of hydrogen-bond donors (Lipinski definition) is 3. The summed E-state index contributed by atoms with van der Waals surface area (Å²) < 4.78 is 0. The van der Waals surface area contributed by atoms with Gasteiger partial charge < -0.3 is 16.0 Å².